The predicted octanol–water partition coefficient (Wildman–Crippen LogP) is 0.715. The highest BCUT2D eigenvalue weighted by Gasteiger charge is 2.33. The van der Waals surface area contributed by atoms with Gasteiger partial charge in [-0.05, 0) is 39.8 Å². The summed E-state index contributed by atoms with van der Waals surface area (Å²) in [4.78, 5) is 26.6. The number of nitrogens with two attached hydrogens (primary N) is 1. The zero-order chi connectivity index (χ0) is 18.1. The van der Waals surface area contributed by atoms with Crippen molar-refractivity contribution in [2.24, 2.45) is 5.73 Å². The van der Waals surface area contributed by atoms with E-state index in [-0.39, 0.29) is 5.91 Å². The molecule has 2 N–H and O–H groups in total. The topological polar surface area (TPSA) is 107 Å². The molecular formula is C18H16N6O2. The quantitative estimate of drug-likeness (QED) is 0.750. The van der Waals surface area contributed by atoms with Gasteiger partial charge in [0.15, 0.2) is 0 Å². The monoisotopic (exact) mass is 348 g/mol. The van der Waals surface area contributed by atoms with Gasteiger partial charge in [0, 0.05) is 18.5 Å². The molecule has 2 amide bonds. The van der Waals surface area contributed by atoms with Crippen LogP contribution in [0.1, 0.15) is 21.5 Å². The predicted molar refractivity (Wildman–Crippen MR) is 92.2 cm³/mol. The van der Waals surface area contributed by atoms with Gasteiger partial charge in [0.25, 0.3) is 5.91 Å². The number of nitrogens with zero attached hydrogens (tertiary/aromatic N) is 5. The first-order valence-corrected chi connectivity index (χ1v) is 8.14. The third kappa shape index (κ3) is 2.81. The van der Waals surface area contributed by atoms with Crippen LogP contribution in [0.5, 0.6) is 0 Å². The standard InChI is InChI=1S/C18H16N6O2/c19-17(25)16-9-12-4-1-2-5-14(12)10-23(16)18(26)13-6-3-7-15(8-13)24-11-20-21-22-24/h1-8,11,16H,9-10H2,(H2,19,25)/t16-/m1/s1. The van der Waals surface area contributed by atoms with Crippen molar-refractivity contribution in [2.75, 3.05) is 0 Å². The first kappa shape index (κ1) is 15.9. The van der Waals surface area contributed by atoms with Crippen molar-refractivity contribution < 1.29 is 9.59 Å². The van der Waals surface area contributed by atoms with Gasteiger partial charge in [-0.2, -0.15) is 0 Å². The molecule has 8 heteroatoms. The number of carbonyl (C=O) groups is 2. The summed E-state index contributed by atoms with van der Waals surface area (Å²) in [5.74, 6) is -0.761. The fourth-order valence-corrected chi connectivity index (χ4v) is 3.22. The van der Waals surface area contributed by atoms with E-state index in [1.807, 2.05) is 24.3 Å². The molecule has 0 fully saturated rings. The Morgan fingerprint density at radius 1 is 1.08 bits per heavy atom. The highest BCUT2D eigenvalue weighted by Crippen LogP contribution is 2.25. The summed E-state index contributed by atoms with van der Waals surface area (Å²) in [6.45, 7) is 0.345. The highest BCUT2D eigenvalue weighted by atomic mass is 16.2. The fraction of sp³-hybridized carbons (Fsp3) is 0.167. The number of benzene rings is 2. The Kier molecular flexibility index (Phi) is 3.92. The molecule has 2 heterocycles. The summed E-state index contributed by atoms with van der Waals surface area (Å²) in [5.41, 5.74) is 8.75. The van der Waals surface area contributed by atoms with Crippen molar-refractivity contribution in [2.45, 2.75) is 19.0 Å². The molecule has 26 heavy (non-hydrogen) atoms. The van der Waals surface area contributed by atoms with E-state index in [1.54, 1.807) is 24.3 Å². The maximum absolute atomic E-state index is 13.1. The number of tetrazole rings is 1. The van der Waals surface area contributed by atoms with Crippen molar-refractivity contribution in [3.63, 3.8) is 0 Å². The fourth-order valence-electron chi connectivity index (χ4n) is 3.22. The number of carbonyl (C=O) groups excluding carboxylic acids is 2. The summed E-state index contributed by atoms with van der Waals surface area (Å²) >= 11 is 0. The molecule has 8 nitrogen and oxygen atoms in total. The maximum atomic E-state index is 13.1. The number of rotatable bonds is 3. The van der Waals surface area contributed by atoms with Gasteiger partial charge in [-0.1, -0.05) is 30.3 Å². The Bertz CT molecular complexity index is 969. The normalized spacial score (nSPS) is 16.2. The van der Waals surface area contributed by atoms with Crippen LogP contribution in [0, 0.1) is 0 Å². The van der Waals surface area contributed by atoms with Crippen molar-refractivity contribution in [3.05, 3.63) is 71.5 Å². The minimum Gasteiger partial charge on any atom is -0.368 e. The molecule has 1 aliphatic heterocycles. The van der Waals surface area contributed by atoms with Crippen LogP contribution in [0.15, 0.2) is 54.9 Å². The van der Waals surface area contributed by atoms with E-state index < -0.39 is 11.9 Å². The summed E-state index contributed by atoms with van der Waals surface area (Å²) < 4.78 is 1.47. The second-order valence-corrected chi connectivity index (χ2v) is 6.13. The first-order chi connectivity index (χ1) is 12.6. The molecule has 0 spiro atoms. The van der Waals surface area contributed by atoms with Gasteiger partial charge in [0.05, 0.1) is 5.69 Å². The van der Waals surface area contributed by atoms with Crippen molar-refractivity contribution in [3.8, 4) is 5.69 Å². The molecule has 130 valence electrons. The van der Waals surface area contributed by atoms with Crippen LogP contribution in [0.3, 0.4) is 0 Å². The number of amides is 2. The van der Waals surface area contributed by atoms with Gasteiger partial charge in [-0.25, -0.2) is 4.68 Å². The lowest BCUT2D eigenvalue weighted by atomic mass is 9.93. The van der Waals surface area contributed by atoms with E-state index in [0.29, 0.717) is 24.2 Å². The number of primary amides is 1. The molecule has 0 saturated carbocycles. The van der Waals surface area contributed by atoms with E-state index in [1.165, 1.54) is 15.9 Å². The van der Waals surface area contributed by atoms with Crippen LogP contribution in [-0.4, -0.2) is 43.0 Å². The molecule has 1 atom stereocenters. The van der Waals surface area contributed by atoms with Crippen LogP contribution in [0.2, 0.25) is 0 Å². The molecular weight excluding hydrogens is 332 g/mol. The number of aromatic nitrogens is 4. The number of fused-ring (bicyclic) bond motifs is 1. The third-order valence-corrected chi connectivity index (χ3v) is 4.54. The van der Waals surface area contributed by atoms with Crippen molar-refractivity contribution in [1.82, 2.24) is 25.1 Å². The van der Waals surface area contributed by atoms with Gasteiger partial charge in [-0.3, -0.25) is 9.59 Å². The van der Waals surface area contributed by atoms with Gasteiger partial charge in [-0.15, -0.1) is 5.10 Å². The third-order valence-electron chi connectivity index (χ3n) is 4.54. The zero-order valence-electron chi connectivity index (χ0n) is 13.8. The molecule has 0 aliphatic carbocycles. The van der Waals surface area contributed by atoms with E-state index in [9.17, 15) is 9.59 Å². The molecule has 0 saturated heterocycles. The van der Waals surface area contributed by atoms with E-state index >= 15 is 0 Å². The van der Waals surface area contributed by atoms with E-state index in [4.69, 9.17) is 5.73 Å². The Labute approximate surface area is 149 Å². The molecule has 1 aromatic heterocycles. The minimum absolute atomic E-state index is 0.252. The van der Waals surface area contributed by atoms with Crippen LogP contribution in [0.25, 0.3) is 5.69 Å². The van der Waals surface area contributed by atoms with Gasteiger partial charge < -0.3 is 10.6 Å². The number of hydrogen-bond donors (Lipinski definition) is 1. The lowest BCUT2D eigenvalue weighted by molar-refractivity contribution is -0.122. The van der Waals surface area contributed by atoms with Gasteiger partial charge in [0.1, 0.15) is 12.4 Å². The van der Waals surface area contributed by atoms with Crippen molar-refractivity contribution >= 4 is 11.8 Å². The average Bonchev–Trinajstić information content (AvgIpc) is 3.21. The summed E-state index contributed by atoms with van der Waals surface area (Å²) in [5, 5.41) is 11.0. The summed E-state index contributed by atoms with van der Waals surface area (Å²) in [6.07, 6.45) is 1.87. The number of hydrogen-bond acceptors (Lipinski definition) is 5. The lowest BCUT2D eigenvalue weighted by Gasteiger charge is -2.35. The lowest BCUT2D eigenvalue weighted by Crippen LogP contribution is -2.51. The SMILES string of the molecule is NC(=O)[C@H]1Cc2ccccc2CN1C(=O)c1cccc(-n2cnnn2)c1. The smallest absolute Gasteiger partial charge is 0.254 e. The summed E-state index contributed by atoms with van der Waals surface area (Å²) in [7, 11) is 0. The van der Waals surface area contributed by atoms with Crippen molar-refractivity contribution in [1.29, 1.82) is 0 Å². The zero-order valence-corrected chi connectivity index (χ0v) is 13.8. The molecule has 1 aliphatic rings. The van der Waals surface area contributed by atoms with Crippen LogP contribution in [0.4, 0.5) is 0 Å². The van der Waals surface area contributed by atoms with Crippen LogP contribution >= 0.6 is 0 Å². The summed E-state index contributed by atoms with van der Waals surface area (Å²) in [6, 6.07) is 14.0. The first-order valence-electron chi connectivity index (χ1n) is 8.14. The van der Waals surface area contributed by atoms with Gasteiger partial charge >= 0.3 is 0 Å². The molecule has 0 unspecified atom stereocenters. The Morgan fingerprint density at radius 3 is 2.62 bits per heavy atom. The molecule has 0 bridgehead atoms. The molecule has 3 aromatic rings. The Morgan fingerprint density at radius 2 is 1.88 bits per heavy atom. The van der Waals surface area contributed by atoms with Crippen LogP contribution < -0.4 is 5.73 Å². The Hall–Kier alpha value is -3.55. The highest BCUT2D eigenvalue weighted by molar-refractivity contribution is 5.98. The second-order valence-electron chi connectivity index (χ2n) is 6.13. The van der Waals surface area contributed by atoms with Gasteiger partial charge in [0.2, 0.25) is 5.91 Å². The maximum Gasteiger partial charge on any atom is 0.254 e. The molecule has 0 radical (unpaired) electrons. The Balaban J connectivity index is 1.68. The second kappa shape index (κ2) is 6.40. The van der Waals surface area contributed by atoms with Crippen LogP contribution in [-0.2, 0) is 17.8 Å². The minimum atomic E-state index is -0.672. The van der Waals surface area contributed by atoms with E-state index in [2.05, 4.69) is 15.5 Å². The molecule has 2 aromatic carbocycles. The average molecular weight is 348 g/mol. The largest absolute Gasteiger partial charge is 0.368 e. The van der Waals surface area contributed by atoms with E-state index in [0.717, 1.165) is 11.1 Å². The molecule has 4 rings (SSSR count).